The minimum atomic E-state index is -1.04. The number of benzene rings is 1. The Bertz CT molecular complexity index is 744. The fourth-order valence-corrected chi connectivity index (χ4v) is 2.08. The molecule has 2 aromatic rings. The topological polar surface area (TPSA) is 48.4 Å². The Balaban J connectivity index is 2.76. The molecule has 1 aromatic carbocycles. The third-order valence-corrected chi connectivity index (χ3v) is 2.99. The van der Waals surface area contributed by atoms with Gasteiger partial charge in [0, 0.05) is 11.5 Å². The number of ether oxygens (including phenoxy) is 2. The minimum absolute atomic E-state index is 0.0993. The molecule has 0 fully saturated rings. The van der Waals surface area contributed by atoms with E-state index < -0.39 is 17.6 Å². The molecule has 0 atom stereocenters. The van der Waals surface area contributed by atoms with Crippen molar-refractivity contribution in [2.24, 2.45) is 0 Å². The molecular weight excluding hydrogens is 292 g/mol. The molecule has 0 aliphatic heterocycles. The molecule has 1 heterocycles. The quantitative estimate of drug-likeness (QED) is 0.626. The highest BCUT2D eigenvalue weighted by Crippen LogP contribution is 2.32. The Morgan fingerprint density at radius 3 is 2.68 bits per heavy atom. The van der Waals surface area contributed by atoms with Gasteiger partial charge in [0.05, 0.1) is 17.8 Å². The zero-order chi connectivity index (χ0) is 16.3. The third-order valence-electron chi connectivity index (χ3n) is 2.99. The second kappa shape index (κ2) is 6.51. The van der Waals surface area contributed by atoms with Crippen LogP contribution in [0.3, 0.4) is 0 Å². The van der Waals surface area contributed by atoms with Gasteiger partial charge in [-0.2, -0.15) is 0 Å². The monoisotopic (exact) mass is 307 g/mol. The third kappa shape index (κ3) is 2.90. The van der Waals surface area contributed by atoms with Crippen LogP contribution in [-0.2, 0) is 4.74 Å². The fraction of sp³-hybridized carbons (Fsp3) is 0.250. The molecule has 4 nitrogen and oxygen atoms in total. The molecule has 0 aliphatic rings. The number of rotatable bonds is 5. The first-order valence-electron chi connectivity index (χ1n) is 6.69. The van der Waals surface area contributed by atoms with E-state index in [4.69, 9.17) is 9.47 Å². The van der Waals surface area contributed by atoms with Gasteiger partial charge in [0.2, 0.25) is 0 Å². The Morgan fingerprint density at radius 1 is 1.36 bits per heavy atom. The lowest BCUT2D eigenvalue weighted by Gasteiger charge is -2.14. The maximum absolute atomic E-state index is 13.5. The number of pyridine rings is 1. The molecule has 0 saturated carbocycles. The van der Waals surface area contributed by atoms with Crippen LogP contribution in [0.2, 0.25) is 0 Å². The molecule has 0 N–H and O–H groups in total. The van der Waals surface area contributed by atoms with Crippen LogP contribution in [0, 0.1) is 18.6 Å². The summed E-state index contributed by atoms with van der Waals surface area (Å²) in [5.74, 6) is -2.58. The molecule has 22 heavy (non-hydrogen) atoms. The van der Waals surface area contributed by atoms with Gasteiger partial charge < -0.3 is 9.47 Å². The highest BCUT2D eigenvalue weighted by Gasteiger charge is 2.22. The summed E-state index contributed by atoms with van der Waals surface area (Å²) >= 11 is 0. The van der Waals surface area contributed by atoms with Gasteiger partial charge in [-0.05, 0) is 19.9 Å². The highest BCUT2D eigenvalue weighted by atomic mass is 19.2. The molecule has 0 bridgehead atoms. The first-order chi connectivity index (χ1) is 10.5. The van der Waals surface area contributed by atoms with Crippen molar-refractivity contribution in [3.63, 3.8) is 0 Å². The smallest absolute Gasteiger partial charge is 0.343 e. The summed E-state index contributed by atoms with van der Waals surface area (Å²) in [7, 11) is 0. The number of aromatic nitrogens is 1. The zero-order valence-corrected chi connectivity index (χ0v) is 12.3. The molecule has 0 unspecified atom stereocenters. The summed E-state index contributed by atoms with van der Waals surface area (Å²) in [6.45, 7) is 7.05. The predicted molar refractivity (Wildman–Crippen MR) is 78.0 cm³/mol. The Labute approximate surface area is 126 Å². The summed E-state index contributed by atoms with van der Waals surface area (Å²) < 4.78 is 37.4. The van der Waals surface area contributed by atoms with E-state index in [0.717, 1.165) is 12.1 Å². The predicted octanol–water partition coefficient (Wildman–Crippen LogP) is 3.56. The summed E-state index contributed by atoms with van der Waals surface area (Å²) in [5.41, 5.74) is 0.613. The molecule has 0 aliphatic carbocycles. The molecule has 2 rings (SSSR count). The maximum atomic E-state index is 13.5. The molecule has 116 valence electrons. The van der Waals surface area contributed by atoms with E-state index in [2.05, 4.69) is 11.6 Å². The lowest BCUT2D eigenvalue weighted by atomic mass is 10.1. The van der Waals surface area contributed by atoms with Gasteiger partial charge in [0.15, 0.2) is 11.6 Å². The van der Waals surface area contributed by atoms with E-state index in [9.17, 15) is 13.6 Å². The van der Waals surface area contributed by atoms with E-state index in [-0.39, 0.29) is 35.4 Å². The van der Waals surface area contributed by atoms with Crippen molar-refractivity contribution < 1.29 is 23.0 Å². The van der Waals surface area contributed by atoms with Crippen LogP contribution in [0.4, 0.5) is 8.78 Å². The van der Waals surface area contributed by atoms with Gasteiger partial charge >= 0.3 is 5.97 Å². The number of hydrogen-bond donors (Lipinski definition) is 0. The van der Waals surface area contributed by atoms with Crippen molar-refractivity contribution in [2.45, 2.75) is 13.8 Å². The summed E-state index contributed by atoms with van der Waals surface area (Å²) in [5, 5.41) is 0.203. The zero-order valence-electron chi connectivity index (χ0n) is 12.3. The highest BCUT2D eigenvalue weighted by molar-refractivity contribution is 6.01. The number of carbonyl (C=O) groups is 1. The first kappa shape index (κ1) is 15.9. The average Bonchev–Trinajstić information content (AvgIpc) is 2.46. The Kier molecular flexibility index (Phi) is 4.70. The van der Waals surface area contributed by atoms with E-state index in [0.29, 0.717) is 5.69 Å². The largest absolute Gasteiger partial charge is 0.488 e. The van der Waals surface area contributed by atoms with E-state index in [1.54, 1.807) is 13.8 Å². The van der Waals surface area contributed by atoms with Crippen molar-refractivity contribution in [3.8, 4) is 5.75 Å². The van der Waals surface area contributed by atoms with Crippen molar-refractivity contribution in [3.05, 3.63) is 47.7 Å². The van der Waals surface area contributed by atoms with Gasteiger partial charge in [-0.1, -0.05) is 12.7 Å². The molecule has 1 aromatic heterocycles. The lowest BCUT2D eigenvalue weighted by molar-refractivity contribution is 0.0521. The summed E-state index contributed by atoms with van der Waals surface area (Å²) in [4.78, 5) is 16.2. The summed E-state index contributed by atoms with van der Waals surface area (Å²) in [6, 6.07) is 1.92. The van der Waals surface area contributed by atoms with Crippen LogP contribution < -0.4 is 4.74 Å². The van der Waals surface area contributed by atoms with Gasteiger partial charge in [-0.15, -0.1) is 0 Å². The first-order valence-corrected chi connectivity index (χ1v) is 6.69. The van der Waals surface area contributed by atoms with Gasteiger partial charge in [-0.25, -0.2) is 13.6 Å². The number of nitrogens with zero attached hydrogens (tertiary/aromatic N) is 1. The van der Waals surface area contributed by atoms with E-state index in [1.807, 2.05) is 0 Å². The Hall–Kier alpha value is -2.50. The number of aryl methyl sites for hydroxylation is 1. The number of esters is 1. The van der Waals surface area contributed by atoms with Crippen molar-refractivity contribution in [1.82, 2.24) is 4.98 Å². The van der Waals surface area contributed by atoms with E-state index >= 15 is 0 Å². The van der Waals surface area contributed by atoms with Crippen molar-refractivity contribution >= 4 is 16.9 Å². The van der Waals surface area contributed by atoms with Crippen LogP contribution in [0.5, 0.6) is 5.75 Å². The number of halogens is 2. The SMILES string of the molecule is C=CCOc1c(C(=O)OCC)c(C)nc2cc(F)c(F)cc12. The molecule has 0 radical (unpaired) electrons. The van der Waals surface area contributed by atoms with Gasteiger partial charge in [0.25, 0.3) is 0 Å². The second-order valence-corrected chi connectivity index (χ2v) is 4.50. The molecule has 6 heteroatoms. The van der Waals surface area contributed by atoms with E-state index in [1.165, 1.54) is 6.08 Å². The second-order valence-electron chi connectivity index (χ2n) is 4.50. The normalized spacial score (nSPS) is 10.5. The van der Waals surface area contributed by atoms with Crippen LogP contribution >= 0.6 is 0 Å². The number of carbonyl (C=O) groups excluding carboxylic acids is 1. The van der Waals surface area contributed by atoms with Gasteiger partial charge in [0.1, 0.15) is 17.9 Å². The maximum Gasteiger partial charge on any atom is 0.343 e. The van der Waals surface area contributed by atoms with Crippen molar-refractivity contribution in [1.29, 1.82) is 0 Å². The Morgan fingerprint density at radius 2 is 2.05 bits per heavy atom. The molecule has 0 amide bonds. The summed E-state index contributed by atoms with van der Waals surface area (Å²) in [6.07, 6.45) is 1.48. The molecule has 0 saturated heterocycles. The van der Waals surface area contributed by atoms with Crippen LogP contribution in [-0.4, -0.2) is 24.2 Å². The molecule has 0 spiro atoms. The average molecular weight is 307 g/mol. The molecular formula is C16H15F2NO3. The number of fused-ring (bicyclic) bond motifs is 1. The van der Waals surface area contributed by atoms with Crippen LogP contribution in [0.1, 0.15) is 23.0 Å². The van der Waals surface area contributed by atoms with Crippen LogP contribution in [0.25, 0.3) is 10.9 Å². The van der Waals surface area contributed by atoms with Crippen LogP contribution in [0.15, 0.2) is 24.8 Å². The van der Waals surface area contributed by atoms with Gasteiger partial charge in [-0.3, -0.25) is 4.98 Å². The minimum Gasteiger partial charge on any atom is -0.488 e. The fourth-order valence-electron chi connectivity index (χ4n) is 2.08. The number of hydrogen-bond acceptors (Lipinski definition) is 4. The standard InChI is InChI=1S/C16H15F2NO3/c1-4-6-22-15-10-7-11(17)12(18)8-13(10)19-9(3)14(15)16(20)21-5-2/h4,7-8H,1,5-6H2,2-3H3. The van der Waals surface area contributed by atoms with Crippen molar-refractivity contribution in [2.75, 3.05) is 13.2 Å². The lowest BCUT2D eigenvalue weighted by Crippen LogP contribution is -2.12.